The summed E-state index contributed by atoms with van der Waals surface area (Å²) in [6.07, 6.45) is 1.86. The highest BCUT2D eigenvalue weighted by Crippen LogP contribution is 2.24. The third kappa shape index (κ3) is 3.83. The molecule has 26 heavy (non-hydrogen) atoms. The third-order valence-corrected chi connectivity index (χ3v) is 5.35. The summed E-state index contributed by atoms with van der Waals surface area (Å²) in [5, 5.41) is 6.15. The van der Waals surface area contributed by atoms with Crippen LogP contribution in [-0.4, -0.2) is 62.2 Å². The quantitative estimate of drug-likeness (QED) is 0.779. The maximum atomic E-state index is 12.7. The molecule has 2 amide bonds. The first-order valence-electron chi connectivity index (χ1n) is 9.06. The van der Waals surface area contributed by atoms with Gasteiger partial charge in [-0.25, -0.2) is 0 Å². The summed E-state index contributed by atoms with van der Waals surface area (Å²) in [4.78, 5) is 27.2. The number of hydrogen-bond donors (Lipinski definition) is 2. The Kier molecular flexibility index (Phi) is 5.78. The van der Waals surface area contributed by atoms with E-state index in [2.05, 4.69) is 10.6 Å². The Morgan fingerprint density at radius 3 is 2.58 bits per heavy atom. The fourth-order valence-electron chi connectivity index (χ4n) is 3.63. The van der Waals surface area contributed by atoms with Gasteiger partial charge in [-0.1, -0.05) is 12.1 Å². The Balaban J connectivity index is 1.58. The Bertz CT molecular complexity index is 641. The monoisotopic (exact) mass is 361 g/mol. The molecule has 2 aliphatic rings. The molecule has 0 spiro atoms. The summed E-state index contributed by atoms with van der Waals surface area (Å²) in [7, 11) is 3.19. The first kappa shape index (κ1) is 18.7. The van der Waals surface area contributed by atoms with Gasteiger partial charge >= 0.3 is 0 Å². The first-order chi connectivity index (χ1) is 12.6. The van der Waals surface area contributed by atoms with E-state index in [1.165, 1.54) is 0 Å². The Morgan fingerprint density at radius 2 is 1.96 bits per heavy atom. The van der Waals surface area contributed by atoms with E-state index in [0.717, 1.165) is 24.4 Å². The van der Waals surface area contributed by atoms with Crippen LogP contribution in [-0.2, 0) is 20.9 Å². The lowest BCUT2D eigenvalue weighted by Gasteiger charge is -2.35. The van der Waals surface area contributed by atoms with E-state index in [9.17, 15) is 9.59 Å². The molecule has 1 atom stereocenters. The number of hydrogen-bond acceptors (Lipinski definition) is 5. The van der Waals surface area contributed by atoms with Crippen molar-refractivity contribution in [2.45, 2.75) is 37.5 Å². The van der Waals surface area contributed by atoms with Gasteiger partial charge in [0.15, 0.2) is 0 Å². The smallest absolute Gasteiger partial charge is 0.252 e. The largest absolute Gasteiger partial charge is 0.497 e. The van der Waals surface area contributed by atoms with Gasteiger partial charge in [-0.2, -0.15) is 0 Å². The minimum atomic E-state index is -0.824. The van der Waals surface area contributed by atoms with E-state index in [1.807, 2.05) is 24.3 Å². The lowest BCUT2D eigenvalue weighted by molar-refractivity contribution is -0.149. The summed E-state index contributed by atoms with van der Waals surface area (Å²) in [5.74, 6) is 0.582. The van der Waals surface area contributed by atoms with E-state index < -0.39 is 11.6 Å². The van der Waals surface area contributed by atoms with Crippen LogP contribution < -0.4 is 15.4 Å². The van der Waals surface area contributed by atoms with Gasteiger partial charge in [0, 0.05) is 20.2 Å². The molecular formula is C19H27N3O4. The summed E-state index contributed by atoms with van der Waals surface area (Å²) in [6, 6.07) is 7.20. The van der Waals surface area contributed by atoms with Crippen LogP contribution in [0.2, 0.25) is 0 Å². The summed E-state index contributed by atoms with van der Waals surface area (Å²) < 4.78 is 10.7. The molecule has 2 fully saturated rings. The van der Waals surface area contributed by atoms with Gasteiger partial charge in [-0.15, -0.1) is 0 Å². The Hall–Kier alpha value is -2.12. The molecule has 7 nitrogen and oxygen atoms in total. The van der Waals surface area contributed by atoms with Crippen molar-refractivity contribution in [3.8, 4) is 5.75 Å². The molecule has 3 rings (SSSR count). The molecule has 2 N–H and O–H groups in total. The number of methoxy groups -OCH3 is 2. The molecule has 2 heterocycles. The van der Waals surface area contributed by atoms with Crippen molar-refractivity contribution in [1.82, 2.24) is 15.5 Å². The number of carbonyl (C=O) groups excluding carboxylic acids is 2. The molecule has 0 aliphatic carbocycles. The number of ether oxygens (including phenoxy) is 2. The number of carbonyl (C=O) groups is 2. The topological polar surface area (TPSA) is 79.9 Å². The van der Waals surface area contributed by atoms with Gasteiger partial charge in [0.25, 0.3) is 5.91 Å². The molecular weight excluding hydrogens is 334 g/mol. The average molecular weight is 361 g/mol. The van der Waals surface area contributed by atoms with Crippen molar-refractivity contribution in [3.05, 3.63) is 29.8 Å². The SMILES string of the molecule is COc1ccc(CN2CCC(NC(=O)C3(OC)CCNCC3)C2=O)cc1. The van der Waals surface area contributed by atoms with Gasteiger partial charge in [0.05, 0.1) is 7.11 Å². The summed E-state index contributed by atoms with van der Waals surface area (Å²) in [5.41, 5.74) is 0.215. The second-order valence-corrected chi connectivity index (χ2v) is 6.87. The van der Waals surface area contributed by atoms with Crippen molar-refractivity contribution in [1.29, 1.82) is 0 Å². The van der Waals surface area contributed by atoms with Crippen LogP contribution in [0.25, 0.3) is 0 Å². The van der Waals surface area contributed by atoms with Gasteiger partial charge in [0.2, 0.25) is 5.91 Å². The molecule has 2 saturated heterocycles. The van der Waals surface area contributed by atoms with E-state index in [0.29, 0.717) is 32.4 Å². The lowest BCUT2D eigenvalue weighted by atomic mass is 9.90. The van der Waals surface area contributed by atoms with Gasteiger partial charge < -0.3 is 25.0 Å². The lowest BCUT2D eigenvalue weighted by Crippen LogP contribution is -2.57. The zero-order valence-corrected chi connectivity index (χ0v) is 15.4. The summed E-state index contributed by atoms with van der Waals surface area (Å²) in [6.45, 7) is 2.65. The molecule has 0 saturated carbocycles. The second kappa shape index (κ2) is 8.05. The predicted octanol–water partition coefficient (Wildman–Crippen LogP) is 0.681. The summed E-state index contributed by atoms with van der Waals surface area (Å²) >= 11 is 0. The number of likely N-dealkylation sites (tertiary alicyclic amines) is 1. The predicted molar refractivity (Wildman–Crippen MR) is 96.8 cm³/mol. The van der Waals surface area contributed by atoms with Crippen LogP contribution in [0, 0.1) is 0 Å². The molecule has 142 valence electrons. The number of rotatable bonds is 6. The number of nitrogens with zero attached hydrogens (tertiary/aromatic N) is 1. The third-order valence-electron chi connectivity index (χ3n) is 5.35. The maximum absolute atomic E-state index is 12.7. The van der Waals surface area contributed by atoms with Crippen molar-refractivity contribution in [2.75, 3.05) is 33.9 Å². The highest BCUT2D eigenvalue weighted by atomic mass is 16.5. The maximum Gasteiger partial charge on any atom is 0.252 e. The van der Waals surface area contributed by atoms with Crippen molar-refractivity contribution < 1.29 is 19.1 Å². The number of nitrogens with one attached hydrogen (secondary N) is 2. The second-order valence-electron chi connectivity index (χ2n) is 6.87. The fraction of sp³-hybridized carbons (Fsp3) is 0.579. The van der Waals surface area contributed by atoms with E-state index >= 15 is 0 Å². The van der Waals surface area contributed by atoms with Gasteiger partial charge in [-0.05, 0) is 50.0 Å². The Labute approximate surface area is 154 Å². The number of amides is 2. The van der Waals surface area contributed by atoms with E-state index in [4.69, 9.17) is 9.47 Å². The molecule has 0 bridgehead atoms. The molecule has 1 unspecified atom stereocenters. The Morgan fingerprint density at radius 1 is 1.27 bits per heavy atom. The van der Waals surface area contributed by atoms with Crippen LogP contribution in [0.15, 0.2) is 24.3 Å². The van der Waals surface area contributed by atoms with Crippen LogP contribution in [0.1, 0.15) is 24.8 Å². The molecule has 0 aromatic heterocycles. The molecule has 7 heteroatoms. The van der Waals surface area contributed by atoms with Crippen LogP contribution in [0.4, 0.5) is 0 Å². The van der Waals surface area contributed by atoms with E-state index in [1.54, 1.807) is 19.1 Å². The van der Waals surface area contributed by atoms with Crippen LogP contribution in [0.5, 0.6) is 5.75 Å². The standard InChI is InChI=1S/C19H27N3O4/c1-25-15-5-3-14(4-6-15)13-22-12-7-16(17(22)23)21-18(24)19(26-2)8-10-20-11-9-19/h3-6,16,20H,7-13H2,1-2H3,(H,21,24). The van der Waals surface area contributed by atoms with Crippen LogP contribution in [0.3, 0.4) is 0 Å². The minimum Gasteiger partial charge on any atom is -0.497 e. The van der Waals surface area contributed by atoms with Crippen molar-refractivity contribution in [2.24, 2.45) is 0 Å². The van der Waals surface area contributed by atoms with Crippen molar-refractivity contribution >= 4 is 11.8 Å². The van der Waals surface area contributed by atoms with Crippen LogP contribution >= 0.6 is 0 Å². The molecule has 2 aliphatic heterocycles. The van der Waals surface area contributed by atoms with E-state index in [-0.39, 0.29) is 11.8 Å². The molecule has 0 radical (unpaired) electrons. The fourth-order valence-corrected chi connectivity index (χ4v) is 3.63. The first-order valence-corrected chi connectivity index (χ1v) is 9.06. The van der Waals surface area contributed by atoms with Gasteiger partial charge in [0.1, 0.15) is 17.4 Å². The molecule has 1 aromatic carbocycles. The highest BCUT2D eigenvalue weighted by Gasteiger charge is 2.42. The normalized spacial score (nSPS) is 22.3. The van der Waals surface area contributed by atoms with Gasteiger partial charge in [-0.3, -0.25) is 9.59 Å². The van der Waals surface area contributed by atoms with Crippen molar-refractivity contribution in [3.63, 3.8) is 0 Å². The average Bonchev–Trinajstić information content (AvgIpc) is 3.02. The highest BCUT2D eigenvalue weighted by molar-refractivity contribution is 5.92. The minimum absolute atomic E-state index is 0.0330. The number of piperidine rings is 1. The molecule has 1 aromatic rings. The number of benzene rings is 1. The zero-order chi connectivity index (χ0) is 18.6. The zero-order valence-electron chi connectivity index (χ0n) is 15.4.